The normalized spacial score (nSPS) is 17.4. The van der Waals surface area contributed by atoms with Gasteiger partial charge in [-0.2, -0.15) is 0 Å². The highest BCUT2D eigenvalue weighted by Gasteiger charge is 2.24. The molecule has 0 aromatic carbocycles. The maximum atomic E-state index is 10.8. The van der Waals surface area contributed by atoms with Crippen LogP contribution in [0.3, 0.4) is 0 Å². The number of anilines is 1. The fourth-order valence-electron chi connectivity index (χ4n) is 1.92. The summed E-state index contributed by atoms with van der Waals surface area (Å²) in [4.78, 5) is 16.9. The Labute approximate surface area is 93.3 Å². The van der Waals surface area contributed by atoms with Crippen LogP contribution in [-0.4, -0.2) is 34.3 Å². The van der Waals surface area contributed by atoms with Gasteiger partial charge in [0.25, 0.3) is 0 Å². The minimum absolute atomic E-state index is 0.143. The molecule has 1 aromatic rings. The van der Waals surface area contributed by atoms with Crippen molar-refractivity contribution in [1.29, 1.82) is 0 Å². The zero-order valence-corrected chi connectivity index (χ0v) is 8.83. The fourth-order valence-corrected chi connectivity index (χ4v) is 1.92. The van der Waals surface area contributed by atoms with Crippen LogP contribution in [0.15, 0.2) is 18.3 Å². The first-order valence-electron chi connectivity index (χ1n) is 5.29. The van der Waals surface area contributed by atoms with E-state index in [-0.39, 0.29) is 11.7 Å². The Morgan fingerprint density at radius 1 is 1.38 bits per heavy atom. The van der Waals surface area contributed by atoms with E-state index in [9.17, 15) is 4.79 Å². The molecule has 1 aliphatic heterocycles. The molecule has 1 fully saturated rings. The molecular weight excluding hydrogens is 208 g/mol. The molecule has 0 unspecified atom stereocenters. The minimum atomic E-state index is -0.710. The van der Waals surface area contributed by atoms with E-state index in [1.807, 2.05) is 4.90 Å². The van der Waals surface area contributed by atoms with Gasteiger partial charge in [0.2, 0.25) is 0 Å². The quantitative estimate of drug-likeness (QED) is 0.783. The van der Waals surface area contributed by atoms with Crippen molar-refractivity contribution in [2.45, 2.75) is 12.8 Å². The maximum absolute atomic E-state index is 10.8. The monoisotopic (exact) mass is 222 g/mol. The molecule has 0 atom stereocenters. The SMILES string of the molecule is O=C(O)C1CCN(c2ccc(O)cn2)CC1. The van der Waals surface area contributed by atoms with E-state index in [0.29, 0.717) is 25.9 Å². The van der Waals surface area contributed by atoms with Crippen LogP contribution >= 0.6 is 0 Å². The lowest BCUT2D eigenvalue weighted by atomic mass is 9.97. The molecule has 0 spiro atoms. The molecule has 86 valence electrons. The van der Waals surface area contributed by atoms with Crippen molar-refractivity contribution in [2.24, 2.45) is 5.92 Å². The van der Waals surface area contributed by atoms with Crippen molar-refractivity contribution in [3.63, 3.8) is 0 Å². The zero-order valence-electron chi connectivity index (χ0n) is 8.83. The Balaban J connectivity index is 1.99. The summed E-state index contributed by atoms with van der Waals surface area (Å²) >= 11 is 0. The van der Waals surface area contributed by atoms with E-state index in [1.165, 1.54) is 6.20 Å². The molecule has 1 aromatic heterocycles. The number of aliphatic carboxylic acids is 1. The fraction of sp³-hybridized carbons (Fsp3) is 0.455. The maximum Gasteiger partial charge on any atom is 0.306 e. The molecule has 0 amide bonds. The lowest BCUT2D eigenvalue weighted by molar-refractivity contribution is -0.142. The van der Waals surface area contributed by atoms with Crippen LogP contribution in [0.4, 0.5) is 5.82 Å². The second-order valence-corrected chi connectivity index (χ2v) is 3.97. The number of aromatic nitrogens is 1. The number of aromatic hydroxyl groups is 1. The summed E-state index contributed by atoms with van der Waals surface area (Å²) in [5, 5.41) is 18.0. The van der Waals surface area contributed by atoms with E-state index in [1.54, 1.807) is 12.1 Å². The second kappa shape index (κ2) is 4.38. The molecule has 0 aliphatic carbocycles. The molecule has 2 N–H and O–H groups in total. The molecule has 0 radical (unpaired) electrons. The van der Waals surface area contributed by atoms with Crippen molar-refractivity contribution < 1.29 is 15.0 Å². The van der Waals surface area contributed by atoms with E-state index < -0.39 is 5.97 Å². The van der Waals surface area contributed by atoms with Gasteiger partial charge < -0.3 is 15.1 Å². The minimum Gasteiger partial charge on any atom is -0.506 e. The number of carbonyl (C=O) groups is 1. The predicted octanol–water partition coefficient (Wildman–Crippen LogP) is 1.09. The van der Waals surface area contributed by atoms with Crippen LogP contribution in [0, 0.1) is 5.92 Å². The molecule has 2 rings (SSSR count). The third-order valence-corrected chi connectivity index (χ3v) is 2.90. The van der Waals surface area contributed by atoms with Gasteiger partial charge in [0.05, 0.1) is 12.1 Å². The lowest BCUT2D eigenvalue weighted by Crippen LogP contribution is -2.36. The molecule has 5 nitrogen and oxygen atoms in total. The number of hydrogen-bond donors (Lipinski definition) is 2. The molecule has 0 bridgehead atoms. The van der Waals surface area contributed by atoms with Crippen LogP contribution in [0.1, 0.15) is 12.8 Å². The summed E-state index contributed by atoms with van der Waals surface area (Å²) < 4.78 is 0. The zero-order chi connectivity index (χ0) is 11.5. The Morgan fingerprint density at radius 2 is 2.06 bits per heavy atom. The highest BCUT2D eigenvalue weighted by molar-refractivity contribution is 5.70. The number of carboxylic acids is 1. The van der Waals surface area contributed by atoms with Gasteiger partial charge >= 0.3 is 5.97 Å². The van der Waals surface area contributed by atoms with Crippen LogP contribution < -0.4 is 4.90 Å². The summed E-state index contributed by atoms with van der Waals surface area (Å²) in [5.74, 6) is -0.00232. The Bertz CT molecular complexity index is 369. The molecule has 16 heavy (non-hydrogen) atoms. The summed E-state index contributed by atoms with van der Waals surface area (Å²) in [6.07, 6.45) is 2.70. The van der Waals surface area contributed by atoms with E-state index in [2.05, 4.69) is 4.98 Å². The highest BCUT2D eigenvalue weighted by atomic mass is 16.4. The third-order valence-electron chi connectivity index (χ3n) is 2.90. The molecule has 5 heteroatoms. The first-order valence-corrected chi connectivity index (χ1v) is 5.29. The van der Waals surface area contributed by atoms with Crippen molar-refractivity contribution in [2.75, 3.05) is 18.0 Å². The number of carboxylic acid groups (broad SMARTS) is 1. The smallest absolute Gasteiger partial charge is 0.306 e. The van der Waals surface area contributed by atoms with E-state index in [0.717, 1.165) is 5.82 Å². The summed E-state index contributed by atoms with van der Waals surface area (Å²) in [6, 6.07) is 3.34. The van der Waals surface area contributed by atoms with E-state index >= 15 is 0 Å². The van der Waals surface area contributed by atoms with Gasteiger partial charge in [-0.25, -0.2) is 4.98 Å². The second-order valence-electron chi connectivity index (χ2n) is 3.97. The third kappa shape index (κ3) is 2.24. The van der Waals surface area contributed by atoms with Gasteiger partial charge in [-0.05, 0) is 25.0 Å². The average molecular weight is 222 g/mol. The van der Waals surface area contributed by atoms with Crippen molar-refractivity contribution >= 4 is 11.8 Å². The molecule has 0 saturated carbocycles. The van der Waals surface area contributed by atoms with Gasteiger partial charge in [-0.1, -0.05) is 0 Å². The average Bonchev–Trinajstić information content (AvgIpc) is 2.30. The van der Waals surface area contributed by atoms with Crippen molar-refractivity contribution in [3.05, 3.63) is 18.3 Å². The topological polar surface area (TPSA) is 73.7 Å². The summed E-state index contributed by atoms with van der Waals surface area (Å²) in [6.45, 7) is 1.41. The largest absolute Gasteiger partial charge is 0.506 e. The van der Waals surface area contributed by atoms with Crippen LogP contribution in [0.2, 0.25) is 0 Å². The van der Waals surface area contributed by atoms with Gasteiger partial charge in [0.1, 0.15) is 11.6 Å². The number of piperidine rings is 1. The highest BCUT2D eigenvalue weighted by Crippen LogP contribution is 2.22. The first-order chi connectivity index (χ1) is 7.66. The predicted molar refractivity (Wildman–Crippen MR) is 58.5 cm³/mol. The number of nitrogens with zero attached hydrogens (tertiary/aromatic N) is 2. The summed E-state index contributed by atoms with van der Waals surface area (Å²) in [7, 11) is 0. The van der Waals surface area contributed by atoms with Gasteiger partial charge in [0.15, 0.2) is 0 Å². The van der Waals surface area contributed by atoms with Crippen LogP contribution in [-0.2, 0) is 4.79 Å². The van der Waals surface area contributed by atoms with Crippen molar-refractivity contribution in [1.82, 2.24) is 4.98 Å². The van der Waals surface area contributed by atoms with E-state index in [4.69, 9.17) is 10.2 Å². The summed E-state index contributed by atoms with van der Waals surface area (Å²) in [5.41, 5.74) is 0. The first kappa shape index (κ1) is 10.7. The molecule has 1 saturated heterocycles. The number of pyridine rings is 1. The molecule has 1 aliphatic rings. The van der Waals surface area contributed by atoms with Gasteiger partial charge in [-0.15, -0.1) is 0 Å². The van der Waals surface area contributed by atoms with Gasteiger partial charge in [-0.3, -0.25) is 4.79 Å². The van der Waals surface area contributed by atoms with Crippen molar-refractivity contribution in [3.8, 4) is 5.75 Å². The number of rotatable bonds is 2. The molecule has 2 heterocycles. The molecular formula is C11H14N2O3. The Hall–Kier alpha value is -1.78. The Morgan fingerprint density at radius 3 is 2.56 bits per heavy atom. The standard InChI is InChI=1S/C11H14N2O3/c14-9-1-2-10(12-7-9)13-5-3-8(4-6-13)11(15)16/h1-2,7-8,14H,3-6H2,(H,15,16). The Kier molecular flexibility index (Phi) is 2.94. The van der Waals surface area contributed by atoms with Gasteiger partial charge in [0, 0.05) is 13.1 Å². The lowest BCUT2D eigenvalue weighted by Gasteiger charge is -2.30. The van der Waals surface area contributed by atoms with Crippen LogP contribution in [0.25, 0.3) is 0 Å². The number of hydrogen-bond acceptors (Lipinski definition) is 4. The van der Waals surface area contributed by atoms with Crippen LogP contribution in [0.5, 0.6) is 5.75 Å².